The number of hydrogen-bond acceptors (Lipinski definition) is 4. The molecule has 2 heterocycles. The van der Waals surface area contributed by atoms with Crippen molar-refractivity contribution in [1.82, 2.24) is 9.80 Å². The van der Waals surface area contributed by atoms with Crippen LogP contribution in [-0.2, 0) is 14.3 Å². The molecule has 2 atom stereocenters. The van der Waals surface area contributed by atoms with Gasteiger partial charge < -0.3 is 14.7 Å². The third-order valence-electron chi connectivity index (χ3n) is 5.01. The molecule has 1 unspecified atom stereocenters. The second kappa shape index (κ2) is 7.99. The first-order valence-electron chi connectivity index (χ1n) is 8.69. The fourth-order valence-corrected chi connectivity index (χ4v) is 3.60. The predicted molar refractivity (Wildman–Crippen MR) is 89.3 cm³/mol. The summed E-state index contributed by atoms with van der Waals surface area (Å²) in [6.07, 6.45) is -1.74. The fraction of sp³-hybridized carbons (Fsp3) is 0.500. The first-order valence-corrected chi connectivity index (χ1v) is 8.69. The Balaban J connectivity index is 1.73. The lowest BCUT2D eigenvalue weighted by molar-refractivity contribution is -0.139. The van der Waals surface area contributed by atoms with Gasteiger partial charge in [0, 0.05) is 25.6 Å². The predicted octanol–water partition coefficient (Wildman–Crippen LogP) is 1.62. The molecule has 0 spiro atoms. The Bertz CT molecular complexity index is 751. The molecular formula is C18H20F2N2O5. The highest BCUT2D eigenvalue weighted by molar-refractivity contribution is 6.01. The van der Waals surface area contributed by atoms with E-state index in [0.717, 1.165) is 23.1 Å². The fourth-order valence-electron chi connectivity index (χ4n) is 3.60. The van der Waals surface area contributed by atoms with Crippen molar-refractivity contribution in [3.63, 3.8) is 0 Å². The van der Waals surface area contributed by atoms with Crippen LogP contribution in [0.2, 0.25) is 0 Å². The molecule has 0 saturated carbocycles. The largest absolute Gasteiger partial charge is 0.465 e. The lowest BCUT2D eigenvalue weighted by Crippen LogP contribution is -2.45. The van der Waals surface area contributed by atoms with E-state index in [-0.39, 0.29) is 24.4 Å². The first-order chi connectivity index (χ1) is 12.9. The Morgan fingerprint density at radius 2 is 1.89 bits per heavy atom. The van der Waals surface area contributed by atoms with Crippen molar-refractivity contribution in [3.05, 3.63) is 35.4 Å². The number of nitrogens with zero attached hydrogens (tertiary/aromatic N) is 2. The summed E-state index contributed by atoms with van der Waals surface area (Å²) in [7, 11) is 0. The Morgan fingerprint density at radius 3 is 2.56 bits per heavy atom. The average molecular weight is 382 g/mol. The van der Waals surface area contributed by atoms with Gasteiger partial charge in [-0.3, -0.25) is 14.5 Å². The summed E-state index contributed by atoms with van der Waals surface area (Å²) >= 11 is 0. The second-order valence-electron chi connectivity index (χ2n) is 6.69. The Hall–Kier alpha value is -2.55. The third-order valence-corrected chi connectivity index (χ3v) is 5.01. The molecule has 2 amide bonds. The number of morpholine rings is 1. The van der Waals surface area contributed by atoms with Crippen molar-refractivity contribution in [2.45, 2.75) is 24.8 Å². The highest BCUT2D eigenvalue weighted by Crippen LogP contribution is 2.34. The van der Waals surface area contributed by atoms with E-state index < -0.39 is 41.9 Å². The molecule has 9 heteroatoms. The van der Waals surface area contributed by atoms with Gasteiger partial charge in [0.05, 0.1) is 25.7 Å². The van der Waals surface area contributed by atoms with Crippen molar-refractivity contribution in [3.8, 4) is 0 Å². The number of halogens is 2. The summed E-state index contributed by atoms with van der Waals surface area (Å²) in [5, 5.41) is 9.40. The number of benzene rings is 1. The molecule has 27 heavy (non-hydrogen) atoms. The maximum absolute atomic E-state index is 14.0. The molecule has 2 aliphatic heterocycles. The zero-order valence-electron chi connectivity index (χ0n) is 14.6. The van der Waals surface area contributed by atoms with Crippen LogP contribution in [-0.4, -0.2) is 71.6 Å². The average Bonchev–Trinajstić information content (AvgIpc) is 3.10. The molecule has 1 aromatic carbocycles. The number of carboxylic acid groups (broad SMARTS) is 1. The lowest BCUT2D eigenvalue weighted by atomic mass is 9.94. The molecule has 0 aliphatic carbocycles. The van der Waals surface area contributed by atoms with Gasteiger partial charge in [-0.1, -0.05) is 0 Å². The van der Waals surface area contributed by atoms with E-state index >= 15 is 0 Å². The van der Waals surface area contributed by atoms with Crippen LogP contribution in [0.5, 0.6) is 0 Å². The molecule has 0 radical (unpaired) electrons. The van der Waals surface area contributed by atoms with Crippen LogP contribution in [0.3, 0.4) is 0 Å². The van der Waals surface area contributed by atoms with Gasteiger partial charge in [-0.15, -0.1) is 0 Å². The normalized spacial score (nSPS) is 22.7. The number of rotatable bonds is 4. The number of carbonyl (C=O) groups is 3. The van der Waals surface area contributed by atoms with Gasteiger partial charge in [-0.25, -0.2) is 13.6 Å². The maximum atomic E-state index is 14.0. The van der Waals surface area contributed by atoms with E-state index in [9.17, 15) is 28.3 Å². The summed E-state index contributed by atoms with van der Waals surface area (Å²) in [5.74, 6) is -2.85. The van der Waals surface area contributed by atoms with Crippen LogP contribution >= 0.6 is 0 Å². The lowest BCUT2D eigenvalue weighted by Gasteiger charge is -2.27. The van der Waals surface area contributed by atoms with Crippen LogP contribution in [0, 0.1) is 11.6 Å². The first kappa shape index (κ1) is 19.2. The highest BCUT2D eigenvalue weighted by Gasteiger charge is 2.41. The maximum Gasteiger partial charge on any atom is 0.407 e. The summed E-state index contributed by atoms with van der Waals surface area (Å²) in [5.41, 5.74) is 0.0380. The number of likely N-dealkylation sites (tertiary alicyclic amines) is 1. The van der Waals surface area contributed by atoms with Crippen LogP contribution in [0.1, 0.15) is 24.3 Å². The van der Waals surface area contributed by atoms with Crippen LogP contribution in [0.25, 0.3) is 0 Å². The molecule has 3 rings (SSSR count). The van der Waals surface area contributed by atoms with Crippen molar-refractivity contribution in [1.29, 1.82) is 0 Å². The monoisotopic (exact) mass is 382 g/mol. The minimum absolute atomic E-state index is 0.0158. The minimum atomic E-state index is -1.33. The van der Waals surface area contributed by atoms with E-state index in [2.05, 4.69) is 0 Å². The molecule has 146 valence electrons. The summed E-state index contributed by atoms with van der Waals surface area (Å²) < 4.78 is 32.7. The van der Waals surface area contributed by atoms with Crippen molar-refractivity contribution in [2.24, 2.45) is 0 Å². The number of hydrogen-bond donors (Lipinski definition) is 1. The number of ketones is 1. The van der Waals surface area contributed by atoms with Gasteiger partial charge in [-0.05, 0) is 30.2 Å². The van der Waals surface area contributed by atoms with E-state index in [1.807, 2.05) is 0 Å². The summed E-state index contributed by atoms with van der Waals surface area (Å²) in [4.78, 5) is 38.8. The van der Waals surface area contributed by atoms with E-state index in [1.54, 1.807) is 0 Å². The Kier molecular flexibility index (Phi) is 5.69. The van der Waals surface area contributed by atoms with E-state index in [4.69, 9.17) is 4.74 Å². The molecule has 0 bridgehead atoms. The SMILES string of the molecule is O=C(CC(=O)N1CCOCC1)C1C[C@@H](c2cc(F)ccc2F)CN1C(=O)O. The minimum Gasteiger partial charge on any atom is -0.465 e. The molecular weight excluding hydrogens is 362 g/mol. The van der Waals surface area contributed by atoms with E-state index in [0.29, 0.717) is 26.3 Å². The number of carbonyl (C=O) groups excluding carboxylic acids is 2. The molecule has 2 fully saturated rings. The quantitative estimate of drug-likeness (QED) is 0.800. The van der Waals surface area contributed by atoms with Crippen LogP contribution in [0.4, 0.5) is 13.6 Å². The number of Topliss-reactive ketones (excluding diaryl/α,β-unsaturated/α-hetero) is 1. The van der Waals surface area contributed by atoms with Crippen molar-refractivity contribution < 1.29 is 33.0 Å². The standard InChI is InChI=1S/C18H20F2N2O5/c19-12-1-2-14(20)13(8-12)11-7-15(22(10-11)18(25)26)16(23)9-17(24)21-3-5-27-6-4-21/h1-2,8,11,15H,3-7,9-10H2,(H,25,26)/t11-,15?/m1/s1. The Morgan fingerprint density at radius 1 is 1.19 bits per heavy atom. The Labute approximate surface area is 154 Å². The molecule has 2 saturated heterocycles. The highest BCUT2D eigenvalue weighted by atomic mass is 19.1. The molecule has 1 N–H and O–H groups in total. The molecule has 0 aromatic heterocycles. The van der Waals surface area contributed by atoms with Gasteiger partial charge in [0.2, 0.25) is 5.91 Å². The van der Waals surface area contributed by atoms with Gasteiger partial charge in [0.15, 0.2) is 5.78 Å². The summed E-state index contributed by atoms with van der Waals surface area (Å²) in [6, 6.07) is 1.92. The zero-order chi connectivity index (χ0) is 19.6. The van der Waals surface area contributed by atoms with Gasteiger partial charge >= 0.3 is 6.09 Å². The molecule has 7 nitrogen and oxygen atoms in total. The topological polar surface area (TPSA) is 87.2 Å². The van der Waals surface area contributed by atoms with Gasteiger partial charge in [0.25, 0.3) is 0 Å². The molecule has 2 aliphatic rings. The van der Waals surface area contributed by atoms with Crippen molar-refractivity contribution in [2.75, 3.05) is 32.8 Å². The van der Waals surface area contributed by atoms with Crippen LogP contribution in [0.15, 0.2) is 18.2 Å². The van der Waals surface area contributed by atoms with Gasteiger partial charge in [-0.2, -0.15) is 0 Å². The second-order valence-corrected chi connectivity index (χ2v) is 6.69. The van der Waals surface area contributed by atoms with Crippen LogP contribution < -0.4 is 0 Å². The van der Waals surface area contributed by atoms with E-state index in [1.165, 1.54) is 4.90 Å². The third kappa shape index (κ3) is 4.24. The zero-order valence-corrected chi connectivity index (χ0v) is 14.6. The smallest absolute Gasteiger partial charge is 0.407 e. The number of ether oxygens (including phenoxy) is 1. The van der Waals surface area contributed by atoms with Crippen molar-refractivity contribution >= 4 is 17.8 Å². The molecule has 1 aromatic rings. The van der Waals surface area contributed by atoms with Gasteiger partial charge in [0.1, 0.15) is 11.6 Å². The number of amides is 2. The summed E-state index contributed by atoms with van der Waals surface area (Å²) in [6.45, 7) is 1.43.